The van der Waals surface area contributed by atoms with Gasteiger partial charge in [0.15, 0.2) is 0 Å². The minimum absolute atomic E-state index is 0.560. The third-order valence-electron chi connectivity index (χ3n) is 4.36. The van der Waals surface area contributed by atoms with Gasteiger partial charge in [-0.2, -0.15) is 0 Å². The molecular weight excluding hydrogens is 234 g/mol. The topological polar surface area (TPSA) is 12.5 Å². The SMILES string of the molecule is C=CCC1COc2ccccc2N(CC2CCC2)C1. The van der Waals surface area contributed by atoms with Crippen LogP contribution in [0.5, 0.6) is 5.75 Å². The van der Waals surface area contributed by atoms with Gasteiger partial charge < -0.3 is 9.64 Å². The number of hydrogen-bond acceptors (Lipinski definition) is 2. The van der Waals surface area contributed by atoms with E-state index in [1.807, 2.05) is 6.08 Å². The molecule has 0 amide bonds. The largest absolute Gasteiger partial charge is 0.491 e. The fourth-order valence-electron chi connectivity index (χ4n) is 3.05. The summed E-state index contributed by atoms with van der Waals surface area (Å²) in [5, 5.41) is 0. The molecule has 1 saturated carbocycles. The van der Waals surface area contributed by atoms with Crippen LogP contribution in [0.15, 0.2) is 36.9 Å². The zero-order chi connectivity index (χ0) is 13.1. The van der Waals surface area contributed by atoms with Crippen LogP contribution in [0.25, 0.3) is 0 Å². The molecule has 102 valence electrons. The number of anilines is 1. The Morgan fingerprint density at radius 3 is 2.84 bits per heavy atom. The summed E-state index contributed by atoms with van der Waals surface area (Å²) >= 11 is 0. The Labute approximate surface area is 116 Å². The summed E-state index contributed by atoms with van der Waals surface area (Å²) in [6.45, 7) is 6.97. The molecule has 1 aliphatic heterocycles. The van der Waals surface area contributed by atoms with E-state index in [0.717, 1.165) is 31.2 Å². The Kier molecular flexibility index (Phi) is 3.77. The Balaban J connectivity index is 1.80. The zero-order valence-electron chi connectivity index (χ0n) is 11.6. The van der Waals surface area contributed by atoms with E-state index in [2.05, 4.69) is 35.7 Å². The lowest BCUT2D eigenvalue weighted by Gasteiger charge is -2.34. The maximum absolute atomic E-state index is 5.99. The lowest BCUT2D eigenvalue weighted by Crippen LogP contribution is -2.36. The van der Waals surface area contributed by atoms with E-state index in [4.69, 9.17) is 4.74 Å². The first kappa shape index (κ1) is 12.6. The first-order valence-electron chi connectivity index (χ1n) is 7.44. The third-order valence-corrected chi connectivity index (χ3v) is 4.36. The maximum Gasteiger partial charge on any atom is 0.142 e. The molecule has 0 bridgehead atoms. The lowest BCUT2D eigenvalue weighted by molar-refractivity contribution is 0.259. The van der Waals surface area contributed by atoms with Crippen molar-refractivity contribution < 1.29 is 4.74 Å². The molecule has 1 aromatic rings. The second kappa shape index (κ2) is 5.68. The standard InChI is InChI=1S/C17H23NO/c1-2-6-15-12-18(11-14-7-5-8-14)16-9-3-4-10-17(16)19-13-15/h2-4,9-10,14-15H,1,5-8,11-13H2. The molecule has 0 spiro atoms. The van der Waals surface area contributed by atoms with Crippen LogP contribution in [0, 0.1) is 11.8 Å². The van der Waals surface area contributed by atoms with Crippen molar-refractivity contribution >= 4 is 5.69 Å². The first-order chi connectivity index (χ1) is 9.36. The van der Waals surface area contributed by atoms with Crippen LogP contribution in [0.4, 0.5) is 5.69 Å². The summed E-state index contributed by atoms with van der Waals surface area (Å²) < 4.78 is 5.99. The van der Waals surface area contributed by atoms with E-state index < -0.39 is 0 Å². The summed E-state index contributed by atoms with van der Waals surface area (Å²) in [6, 6.07) is 8.47. The molecule has 0 aromatic heterocycles. The number of nitrogens with zero attached hydrogens (tertiary/aromatic N) is 1. The predicted molar refractivity (Wildman–Crippen MR) is 79.8 cm³/mol. The highest BCUT2D eigenvalue weighted by Gasteiger charge is 2.26. The normalized spacial score (nSPS) is 22.9. The van der Waals surface area contributed by atoms with Gasteiger partial charge in [-0.15, -0.1) is 6.58 Å². The smallest absolute Gasteiger partial charge is 0.142 e. The van der Waals surface area contributed by atoms with Crippen molar-refractivity contribution in [3.05, 3.63) is 36.9 Å². The molecule has 1 aliphatic carbocycles. The van der Waals surface area contributed by atoms with Gasteiger partial charge in [0.1, 0.15) is 5.75 Å². The van der Waals surface area contributed by atoms with Crippen LogP contribution in [-0.4, -0.2) is 19.7 Å². The van der Waals surface area contributed by atoms with Crippen molar-refractivity contribution in [1.29, 1.82) is 0 Å². The van der Waals surface area contributed by atoms with Crippen molar-refractivity contribution in [2.24, 2.45) is 11.8 Å². The zero-order valence-corrected chi connectivity index (χ0v) is 11.6. The summed E-state index contributed by atoms with van der Waals surface area (Å²) in [6.07, 6.45) is 7.25. The number of benzene rings is 1. The van der Waals surface area contributed by atoms with Crippen LogP contribution in [0.2, 0.25) is 0 Å². The molecule has 1 aromatic carbocycles. The van der Waals surface area contributed by atoms with Crippen molar-refractivity contribution in [3.8, 4) is 5.75 Å². The van der Waals surface area contributed by atoms with Gasteiger partial charge in [0.05, 0.1) is 12.3 Å². The average molecular weight is 257 g/mol. The number of allylic oxidation sites excluding steroid dienone is 1. The minimum atomic E-state index is 0.560. The number of fused-ring (bicyclic) bond motifs is 1. The molecule has 2 nitrogen and oxygen atoms in total. The molecule has 2 heteroatoms. The summed E-state index contributed by atoms with van der Waals surface area (Å²) in [5.74, 6) is 2.49. The van der Waals surface area contributed by atoms with Gasteiger partial charge in [0.25, 0.3) is 0 Å². The Bertz CT molecular complexity index is 439. The van der Waals surface area contributed by atoms with E-state index in [0.29, 0.717) is 5.92 Å². The molecule has 0 saturated heterocycles. The van der Waals surface area contributed by atoms with Crippen LogP contribution < -0.4 is 9.64 Å². The molecular formula is C17H23NO. The summed E-state index contributed by atoms with van der Waals surface area (Å²) in [4.78, 5) is 2.54. The molecule has 1 unspecified atom stereocenters. The molecule has 0 radical (unpaired) electrons. The van der Waals surface area contributed by atoms with Gasteiger partial charge in [-0.25, -0.2) is 0 Å². The second-order valence-electron chi connectivity index (χ2n) is 5.87. The van der Waals surface area contributed by atoms with E-state index in [9.17, 15) is 0 Å². The highest BCUT2D eigenvalue weighted by atomic mass is 16.5. The number of rotatable bonds is 4. The summed E-state index contributed by atoms with van der Waals surface area (Å²) in [7, 11) is 0. The van der Waals surface area contributed by atoms with Gasteiger partial charge in [0, 0.05) is 19.0 Å². The fourth-order valence-corrected chi connectivity index (χ4v) is 3.05. The van der Waals surface area contributed by atoms with Crippen molar-refractivity contribution in [1.82, 2.24) is 0 Å². The fraction of sp³-hybridized carbons (Fsp3) is 0.529. The lowest BCUT2D eigenvalue weighted by atomic mass is 9.85. The van der Waals surface area contributed by atoms with Crippen LogP contribution in [0.1, 0.15) is 25.7 Å². The van der Waals surface area contributed by atoms with E-state index in [1.54, 1.807) is 0 Å². The third kappa shape index (κ3) is 2.78. The highest BCUT2D eigenvalue weighted by Crippen LogP contribution is 2.35. The van der Waals surface area contributed by atoms with E-state index >= 15 is 0 Å². The van der Waals surface area contributed by atoms with Crippen molar-refractivity contribution in [2.45, 2.75) is 25.7 Å². The number of ether oxygens (including phenoxy) is 1. The molecule has 19 heavy (non-hydrogen) atoms. The number of para-hydroxylation sites is 2. The Morgan fingerprint density at radius 2 is 2.11 bits per heavy atom. The van der Waals surface area contributed by atoms with Gasteiger partial charge >= 0.3 is 0 Å². The predicted octanol–water partition coefficient (Wildman–Crippen LogP) is 3.88. The van der Waals surface area contributed by atoms with Crippen molar-refractivity contribution in [2.75, 3.05) is 24.6 Å². The van der Waals surface area contributed by atoms with Gasteiger partial charge in [0.2, 0.25) is 0 Å². The van der Waals surface area contributed by atoms with Gasteiger partial charge in [-0.3, -0.25) is 0 Å². The maximum atomic E-state index is 5.99. The quantitative estimate of drug-likeness (QED) is 0.759. The van der Waals surface area contributed by atoms with Crippen LogP contribution >= 0.6 is 0 Å². The average Bonchev–Trinajstić information content (AvgIpc) is 2.55. The molecule has 2 aliphatic rings. The molecule has 1 atom stereocenters. The minimum Gasteiger partial charge on any atom is -0.491 e. The molecule has 3 rings (SSSR count). The Morgan fingerprint density at radius 1 is 1.26 bits per heavy atom. The Hall–Kier alpha value is -1.44. The highest BCUT2D eigenvalue weighted by molar-refractivity contribution is 5.59. The van der Waals surface area contributed by atoms with E-state index in [1.165, 1.54) is 31.5 Å². The first-order valence-corrected chi connectivity index (χ1v) is 7.44. The monoisotopic (exact) mass is 257 g/mol. The van der Waals surface area contributed by atoms with Gasteiger partial charge in [-0.05, 0) is 37.3 Å². The van der Waals surface area contributed by atoms with Crippen LogP contribution in [-0.2, 0) is 0 Å². The second-order valence-corrected chi connectivity index (χ2v) is 5.87. The molecule has 0 N–H and O–H groups in total. The summed E-state index contributed by atoms with van der Waals surface area (Å²) in [5.41, 5.74) is 1.28. The van der Waals surface area contributed by atoms with Crippen LogP contribution in [0.3, 0.4) is 0 Å². The molecule has 1 fully saturated rings. The molecule has 1 heterocycles. The number of hydrogen-bond donors (Lipinski definition) is 0. The van der Waals surface area contributed by atoms with Crippen molar-refractivity contribution in [3.63, 3.8) is 0 Å². The van der Waals surface area contributed by atoms with Gasteiger partial charge in [-0.1, -0.05) is 24.6 Å². The van der Waals surface area contributed by atoms with E-state index in [-0.39, 0.29) is 0 Å².